The van der Waals surface area contributed by atoms with Crippen LogP contribution in [0.2, 0.25) is 10.0 Å². The number of anilines is 2. The molecule has 7 heteroatoms. The van der Waals surface area contributed by atoms with E-state index in [9.17, 15) is 0 Å². The van der Waals surface area contributed by atoms with Crippen LogP contribution in [-0.4, -0.2) is 29.0 Å². The average molecular weight is 312 g/mol. The Morgan fingerprint density at radius 3 is 2.45 bits per heavy atom. The molecule has 0 bridgehead atoms. The second-order valence-corrected chi connectivity index (χ2v) is 5.49. The number of nitrogens with two attached hydrogens (primary N) is 2. The summed E-state index contributed by atoms with van der Waals surface area (Å²) in [5, 5.41) is 1.06. The predicted octanol–water partition coefficient (Wildman–Crippen LogP) is 2.68. The zero-order valence-electron chi connectivity index (χ0n) is 11.2. The van der Waals surface area contributed by atoms with E-state index in [1.165, 1.54) is 0 Å². The molecule has 4 N–H and O–H groups in total. The van der Waals surface area contributed by atoms with Crippen molar-refractivity contribution in [2.75, 3.05) is 25.6 Å². The molecule has 0 aliphatic rings. The number of nitrogens with zero attached hydrogens (tertiary/aromatic N) is 3. The van der Waals surface area contributed by atoms with Crippen LogP contribution < -0.4 is 11.5 Å². The van der Waals surface area contributed by atoms with E-state index in [1.807, 2.05) is 19.0 Å². The smallest absolute Gasteiger partial charge is 0.222 e. The molecule has 2 rings (SSSR count). The minimum absolute atomic E-state index is 0.146. The van der Waals surface area contributed by atoms with Crippen LogP contribution in [-0.2, 0) is 6.54 Å². The van der Waals surface area contributed by atoms with Gasteiger partial charge in [0.2, 0.25) is 5.95 Å². The molecule has 0 atom stereocenters. The third-order valence-corrected chi connectivity index (χ3v) is 3.24. The average Bonchev–Trinajstić information content (AvgIpc) is 2.29. The summed E-state index contributed by atoms with van der Waals surface area (Å²) in [6, 6.07) is 5.21. The van der Waals surface area contributed by atoms with Crippen molar-refractivity contribution in [3.8, 4) is 11.1 Å². The van der Waals surface area contributed by atoms with E-state index in [2.05, 4.69) is 9.97 Å². The number of hydrogen-bond acceptors (Lipinski definition) is 5. The molecule has 5 nitrogen and oxygen atoms in total. The van der Waals surface area contributed by atoms with Crippen molar-refractivity contribution in [2.24, 2.45) is 0 Å². The summed E-state index contributed by atoms with van der Waals surface area (Å²) in [5.41, 5.74) is 13.8. The highest BCUT2D eigenvalue weighted by atomic mass is 35.5. The minimum atomic E-state index is 0.146. The van der Waals surface area contributed by atoms with Gasteiger partial charge in [0.25, 0.3) is 0 Å². The molecule has 0 aliphatic heterocycles. The van der Waals surface area contributed by atoms with E-state index in [0.29, 0.717) is 28.0 Å². The molecule has 2 aromatic rings. The molecule has 1 aromatic carbocycles. The lowest BCUT2D eigenvalue weighted by atomic mass is 10.0. The first-order valence-electron chi connectivity index (χ1n) is 5.90. The van der Waals surface area contributed by atoms with Gasteiger partial charge in [0.15, 0.2) is 0 Å². The molecule has 0 amide bonds. The Morgan fingerprint density at radius 1 is 1.15 bits per heavy atom. The van der Waals surface area contributed by atoms with Gasteiger partial charge in [-0.3, -0.25) is 0 Å². The molecule has 0 radical (unpaired) electrons. The minimum Gasteiger partial charge on any atom is -0.383 e. The maximum atomic E-state index is 6.24. The highest BCUT2D eigenvalue weighted by Gasteiger charge is 2.16. The molecule has 0 saturated carbocycles. The molecule has 106 valence electrons. The van der Waals surface area contributed by atoms with Gasteiger partial charge in [0.05, 0.1) is 10.7 Å². The van der Waals surface area contributed by atoms with Crippen LogP contribution in [0.3, 0.4) is 0 Å². The third kappa shape index (κ3) is 3.12. The van der Waals surface area contributed by atoms with Crippen molar-refractivity contribution < 1.29 is 0 Å². The van der Waals surface area contributed by atoms with Crippen LogP contribution in [0.25, 0.3) is 11.1 Å². The fourth-order valence-corrected chi connectivity index (χ4v) is 2.45. The Hall–Kier alpha value is -1.56. The first kappa shape index (κ1) is 14.8. The molecule has 20 heavy (non-hydrogen) atoms. The topological polar surface area (TPSA) is 81.1 Å². The Morgan fingerprint density at radius 2 is 1.85 bits per heavy atom. The predicted molar refractivity (Wildman–Crippen MR) is 83.7 cm³/mol. The SMILES string of the molecule is CN(C)Cc1nc(N)nc(N)c1-c1ccc(Cl)cc1Cl. The van der Waals surface area contributed by atoms with Gasteiger partial charge < -0.3 is 16.4 Å². The van der Waals surface area contributed by atoms with Gasteiger partial charge in [-0.15, -0.1) is 0 Å². The first-order chi connectivity index (χ1) is 9.38. The largest absolute Gasteiger partial charge is 0.383 e. The Kier molecular flexibility index (Phi) is 4.32. The third-order valence-electron chi connectivity index (χ3n) is 2.70. The van der Waals surface area contributed by atoms with Crippen molar-refractivity contribution in [1.29, 1.82) is 0 Å². The fourth-order valence-electron chi connectivity index (χ4n) is 1.95. The second kappa shape index (κ2) is 5.83. The van der Waals surface area contributed by atoms with Crippen molar-refractivity contribution >= 4 is 35.0 Å². The van der Waals surface area contributed by atoms with E-state index in [4.69, 9.17) is 34.7 Å². The molecule has 0 spiro atoms. The van der Waals surface area contributed by atoms with Gasteiger partial charge in [-0.05, 0) is 26.2 Å². The van der Waals surface area contributed by atoms with E-state index in [0.717, 1.165) is 11.3 Å². The van der Waals surface area contributed by atoms with Crippen molar-refractivity contribution in [3.63, 3.8) is 0 Å². The number of aromatic nitrogens is 2. The van der Waals surface area contributed by atoms with Crippen molar-refractivity contribution in [2.45, 2.75) is 6.54 Å². The summed E-state index contributed by atoms with van der Waals surface area (Å²) >= 11 is 12.2. The summed E-state index contributed by atoms with van der Waals surface area (Å²) < 4.78 is 0. The van der Waals surface area contributed by atoms with Gasteiger partial charge in [-0.1, -0.05) is 29.3 Å². The Bertz CT molecular complexity index is 643. The lowest BCUT2D eigenvalue weighted by Crippen LogP contribution is -2.15. The standard InChI is InChI=1S/C13H15Cl2N5/c1-20(2)6-10-11(12(16)19-13(17)18-10)8-4-3-7(14)5-9(8)15/h3-5H,6H2,1-2H3,(H4,16,17,18,19). The van der Waals surface area contributed by atoms with Gasteiger partial charge in [-0.25, -0.2) is 4.98 Å². The summed E-state index contributed by atoms with van der Waals surface area (Å²) in [5.74, 6) is 0.451. The van der Waals surface area contributed by atoms with Crippen LogP contribution in [0.4, 0.5) is 11.8 Å². The maximum absolute atomic E-state index is 6.24. The van der Waals surface area contributed by atoms with Crippen molar-refractivity contribution in [3.05, 3.63) is 33.9 Å². The zero-order valence-corrected chi connectivity index (χ0v) is 12.7. The van der Waals surface area contributed by atoms with Crippen LogP contribution in [0.15, 0.2) is 18.2 Å². The molecule has 1 aromatic heterocycles. The normalized spacial score (nSPS) is 11.1. The van der Waals surface area contributed by atoms with E-state index in [-0.39, 0.29) is 5.95 Å². The highest BCUT2D eigenvalue weighted by Crippen LogP contribution is 2.35. The number of benzene rings is 1. The Balaban J connectivity index is 2.65. The number of rotatable bonds is 3. The highest BCUT2D eigenvalue weighted by molar-refractivity contribution is 6.36. The Labute approximate surface area is 127 Å². The summed E-state index contributed by atoms with van der Waals surface area (Å²) in [6.07, 6.45) is 0. The van der Waals surface area contributed by atoms with Crippen LogP contribution in [0.5, 0.6) is 0 Å². The summed E-state index contributed by atoms with van der Waals surface area (Å²) in [6.45, 7) is 0.575. The van der Waals surface area contributed by atoms with Gasteiger partial charge in [0, 0.05) is 22.7 Å². The molecular formula is C13H15Cl2N5. The molecular weight excluding hydrogens is 297 g/mol. The summed E-state index contributed by atoms with van der Waals surface area (Å²) in [7, 11) is 3.86. The van der Waals surface area contributed by atoms with Crippen LogP contribution >= 0.6 is 23.2 Å². The van der Waals surface area contributed by atoms with E-state index in [1.54, 1.807) is 18.2 Å². The number of hydrogen-bond donors (Lipinski definition) is 2. The van der Waals surface area contributed by atoms with E-state index < -0.39 is 0 Å². The fraction of sp³-hybridized carbons (Fsp3) is 0.231. The molecule has 1 heterocycles. The zero-order chi connectivity index (χ0) is 14.9. The maximum Gasteiger partial charge on any atom is 0.222 e. The van der Waals surface area contributed by atoms with E-state index >= 15 is 0 Å². The van der Waals surface area contributed by atoms with Gasteiger partial charge >= 0.3 is 0 Å². The molecule has 0 saturated heterocycles. The molecule has 0 fully saturated rings. The van der Waals surface area contributed by atoms with Gasteiger partial charge in [-0.2, -0.15) is 4.98 Å². The van der Waals surface area contributed by atoms with Crippen LogP contribution in [0.1, 0.15) is 5.69 Å². The number of nitrogen functional groups attached to an aromatic ring is 2. The molecule has 0 aliphatic carbocycles. The van der Waals surface area contributed by atoms with Crippen LogP contribution in [0, 0.1) is 0 Å². The van der Waals surface area contributed by atoms with Gasteiger partial charge in [0.1, 0.15) is 5.82 Å². The van der Waals surface area contributed by atoms with Crippen molar-refractivity contribution in [1.82, 2.24) is 14.9 Å². The monoisotopic (exact) mass is 311 g/mol. The first-order valence-corrected chi connectivity index (χ1v) is 6.66. The number of halogens is 2. The quantitative estimate of drug-likeness (QED) is 0.910. The second-order valence-electron chi connectivity index (χ2n) is 4.65. The summed E-state index contributed by atoms with van der Waals surface area (Å²) in [4.78, 5) is 10.2. The molecule has 0 unspecified atom stereocenters. The lowest BCUT2D eigenvalue weighted by Gasteiger charge is -2.16. The lowest BCUT2D eigenvalue weighted by molar-refractivity contribution is 0.397.